The molecule has 1 aliphatic heterocycles. The lowest BCUT2D eigenvalue weighted by molar-refractivity contribution is 0.171. The van der Waals surface area contributed by atoms with Gasteiger partial charge in [-0.25, -0.2) is 0 Å². The molecule has 1 aromatic rings. The molecule has 0 fully saturated rings. The number of hydrogen-bond donors (Lipinski definition) is 0. The number of nitrogens with zero attached hydrogens (tertiary/aromatic N) is 1. The second-order valence-electron chi connectivity index (χ2n) is 4.37. The summed E-state index contributed by atoms with van der Waals surface area (Å²) in [6.07, 6.45) is 1.03. The Morgan fingerprint density at radius 2 is 1.88 bits per heavy atom. The minimum Gasteiger partial charge on any atom is -0.486 e. The van der Waals surface area contributed by atoms with Gasteiger partial charge in [0.25, 0.3) is 0 Å². The third-order valence-electron chi connectivity index (χ3n) is 2.97. The molecule has 1 aliphatic rings. The van der Waals surface area contributed by atoms with E-state index in [1.807, 2.05) is 0 Å². The summed E-state index contributed by atoms with van der Waals surface area (Å²) < 4.78 is 11.2. The molecular weight excluding hydrogens is 282 g/mol. The Labute approximate surface area is 111 Å². The highest BCUT2D eigenvalue weighted by Gasteiger charge is 2.14. The second kappa shape index (κ2) is 5.74. The van der Waals surface area contributed by atoms with Gasteiger partial charge in [0, 0.05) is 6.54 Å². The lowest BCUT2D eigenvalue weighted by Crippen LogP contribution is -2.20. The van der Waals surface area contributed by atoms with Crippen molar-refractivity contribution in [2.24, 2.45) is 0 Å². The van der Waals surface area contributed by atoms with Gasteiger partial charge in [-0.1, -0.05) is 15.9 Å². The standard InChI is InChI=1S/C13H18BrNO2/c1-10-7-12-13(17-6-5-16-12)8-11(10)3-4-15(2)9-14/h7-8H,3-6,9H2,1-2H3. The van der Waals surface area contributed by atoms with Crippen molar-refractivity contribution >= 4 is 15.9 Å². The fourth-order valence-corrected chi connectivity index (χ4v) is 2.12. The third-order valence-corrected chi connectivity index (χ3v) is 3.82. The molecule has 0 aromatic heterocycles. The zero-order chi connectivity index (χ0) is 12.3. The van der Waals surface area contributed by atoms with Gasteiger partial charge in [0.2, 0.25) is 0 Å². The van der Waals surface area contributed by atoms with Crippen LogP contribution in [0.3, 0.4) is 0 Å². The number of ether oxygens (including phenoxy) is 2. The van der Waals surface area contributed by atoms with Gasteiger partial charge in [0.15, 0.2) is 11.5 Å². The molecule has 4 heteroatoms. The maximum atomic E-state index is 5.60. The quantitative estimate of drug-likeness (QED) is 0.630. The van der Waals surface area contributed by atoms with Gasteiger partial charge in [0.05, 0.1) is 5.45 Å². The molecule has 94 valence electrons. The highest BCUT2D eigenvalue weighted by atomic mass is 79.9. The minimum absolute atomic E-state index is 0.650. The maximum Gasteiger partial charge on any atom is 0.161 e. The van der Waals surface area contributed by atoms with E-state index in [0.717, 1.165) is 29.9 Å². The van der Waals surface area contributed by atoms with Crippen molar-refractivity contribution in [2.75, 3.05) is 32.3 Å². The molecule has 0 saturated carbocycles. The fourth-order valence-electron chi connectivity index (χ4n) is 1.87. The summed E-state index contributed by atoms with van der Waals surface area (Å²) >= 11 is 3.45. The van der Waals surface area contributed by atoms with Crippen molar-refractivity contribution in [3.05, 3.63) is 23.3 Å². The molecule has 0 radical (unpaired) electrons. The number of benzene rings is 1. The van der Waals surface area contributed by atoms with Crippen LogP contribution in [0.4, 0.5) is 0 Å². The summed E-state index contributed by atoms with van der Waals surface area (Å²) in [4.78, 5) is 2.23. The second-order valence-corrected chi connectivity index (χ2v) is 4.87. The molecule has 1 heterocycles. The molecule has 0 unspecified atom stereocenters. The molecule has 0 bridgehead atoms. The van der Waals surface area contributed by atoms with E-state index in [4.69, 9.17) is 9.47 Å². The topological polar surface area (TPSA) is 21.7 Å². The SMILES string of the molecule is Cc1cc2c(cc1CCN(C)CBr)OCCO2. The number of alkyl halides is 1. The van der Waals surface area contributed by atoms with Gasteiger partial charge in [-0.3, -0.25) is 4.90 Å². The Bertz CT molecular complexity index is 395. The first-order chi connectivity index (χ1) is 8.20. The van der Waals surface area contributed by atoms with Crippen molar-refractivity contribution in [2.45, 2.75) is 13.3 Å². The molecule has 0 atom stereocenters. The van der Waals surface area contributed by atoms with Gasteiger partial charge in [-0.15, -0.1) is 0 Å². The normalized spacial score (nSPS) is 14.1. The third kappa shape index (κ3) is 3.13. The van der Waals surface area contributed by atoms with Crippen LogP contribution in [0.25, 0.3) is 0 Å². The predicted octanol–water partition coefficient (Wildman–Crippen LogP) is 2.59. The summed E-state index contributed by atoms with van der Waals surface area (Å²) in [5.74, 6) is 1.77. The monoisotopic (exact) mass is 299 g/mol. The largest absolute Gasteiger partial charge is 0.486 e. The van der Waals surface area contributed by atoms with Crippen LogP contribution in [0.5, 0.6) is 11.5 Å². The van der Waals surface area contributed by atoms with Gasteiger partial charge in [0.1, 0.15) is 13.2 Å². The molecular formula is C13H18BrNO2. The highest BCUT2D eigenvalue weighted by molar-refractivity contribution is 9.09. The number of hydrogen-bond acceptors (Lipinski definition) is 3. The number of likely N-dealkylation sites (N-methyl/N-ethyl adjacent to an activating group) is 1. The van der Waals surface area contributed by atoms with Gasteiger partial charge >= 0.3 is 0 Å². The first kappa shape index (κ1) is 12.7. The van der Waals surface area contributed by atoms with E-state index in [0.29, 0.717) is 13.2 Å². The molecule has 17 heavy (non-hydrogen) atoms. The van der Waals surface area contributed by atoms with Crippen LogP contribution in [-0.2, 0) is 6.42 Å². The summed E-state index contributed by atoms with van der Waals surface area (Å²) in [6, 6.07) is 4.20. The van der Waals surface area contributed by atoms with Gasteiger partial charge in [-0.05, 0) is 43.7 Å². The van der Waals surface area contributed by atoms with E-state index in [2.05, 4.69) is 46.9 Å². The number of halogens is 1. The molecule has 0 N–H and O–H groups in total. The Balaban J connectivity index is 2.11. The zero-order valence-electron chi connectivity index (χ0n) is 10.3. The van der Waals surface area contributed by atoms with Crippen molar-refractivity contribution < 1.29 is 9.47 Å². The Hall–Kier alpha value is -0.740. The average Bonchev–Trinajstić information content (AvgIpc) is 2.35. The Morgan fingerprint density at radius 3 is 2.53 bits per heavy atom. The van der Waals surface area contributed by atoms with Crippen LogP contribution in [0.2, 0.25) is 0 Å². The molecule has 0 saturated heterocycles. The lowest BCUT2D eigenvalue weighted by Gasteiger charge is -2.21. The molecule has 0 spiro atoms. The lowest BCUT2D eigenvalue weighted by atomic mass is 10.0. The van der Waals surface area contributed by atoms with Crippen LogP contribution in [0, 0.1) is 6.92 Å². The molecule has 1 aromatic carbocycles. The van der Waals surface area contributed by atoms with E-state index >= 15 is 0 Å². The average molecular weight is 300 g/mol. The summed E-state index contributed by atoms with van der Waals surface area (Å²) in [7, 11) is 2.10. The van der Waals surface area contributed by atoms with E-state index in [1.54, 1.807) is 0 Å². The Morgan fingerprint density at radius 1 is 1.24 bits per heavy atom. The number of aryl methyl sites for hydroxylation is 1. The Kier molecular flexibility index (Phi) is 4.29. The number of rotatable bonds is 4. The van der Waals surface area contributed by atoms with Gasteiger partial charge in [-0.2, -0.15) is 0 Å². The highest BCUT2D eigenvalue weighted by Crippen LogP contribution is 2.33. The van der Waals surface area contributed by atoms with Crippen LogP contribution in [0.15, 0.2) is 12.1 Å². The molecule has 3 nitrogen and oxygen atoms in total. The van der Waals surface area contributed by atoms with Crippen molar-refractivity contribution in [3.8, 4) is 11.5 Å². The first-order valence-corrected chi connectivity index (χ1v) is 6.96. The van der Waals surface area contributed by atoms with E-state index in [1.165, 1.54) is 11.1 Å². The fraction of sp³-hybridized carbons (Fsp3) is 0.538. The summed E-state index contributed by atoms with van der Waals surface area (Å²) in [5, 5.41) is 0. The van der Waals surface area contributed by atoms with Crippen molar-refractivity contribution in [3.63, 3.8) is 0 Å². The van der Waals surface area contributed by atoms with Crippen LogP contribution in [0.1, 0.15) is 11.1 Å². The molecule has 0 aliphatic carbocycles. The van der Waals surface area contributed by atoms with Crippen LogP contribution in [-0.4, -0.2) is 37.2 Å². The number of fused-ring (bicyclic) bond motifs is 1. The van der Waals surface area contributed by atoms with Gasteiger partial charge < -0.3 is 9.47 Å². The summed E-state index contributed by atoms with van der Waals surface area (Å²) in [6.45, 7) is 4.46. The van der Waals surface area contributed by atoms with Crippen LogP contribution >= 0.6 is 15.9 Å². The van der Waals surface area contributed by atoms with E-state index in [-0.39, 0.29) is 0 Å². The minimum atomic E-state index is 0.650. The molecule has 0 amide bonds. The van der Waals surface area contributed by atoms with Crippen molar-refractivity contribution in [1.82, 2.24) is 4.90 Å². The zero-order valence-corrected chi connectivity index (χ0v) is 11.9. The molecule has 2 rings (SSSR count). The van der Waals surface area contributed by atoms with Crippen LogP contribution < -0.4 is 9.47 Å². The smallest absolute Gasteiger partial charge is 0.161 e. The van der Waals surface area contributed by atoms with Crippen molar-refractivity contribution in [1.29, 1.82) is 0 Å². The predicted molar refractivity (Wildman–Crippen MR) is 72.3 cm³/mol. The summed E-state index contributed by atoms with van der Waals surface area (Å²) in [5.41, 5.74) is 3.51. The maximum absolute atomic E-state index is 5.60. The van der Waals surface area contributed by atoms with E-state index < -0.39 is 0 Å². The van der Waals surface area contributed by atoms with E-state index in [9.17, 15) is 0 Å². The first-order valence-electron chi connectivity index (χ1n) is 5.84.